The van der Waals surface area contributed by atoms with Crippen LogP contribution in [-0.4, -0.2) is 59.6 Å². The summed E-state index contributed by atoms with van der Waals surface area (Å²) in [5, 5.41) is 15.3. The third kappa shape index (κ3) is 5.85. The lowest BCUT2D eigenvalue weighted by molar-refractivity contribution is 0.102. The van der Waals surface area contributed by atoms with Gasteiger partial charge in [0.25, 0.3) is 5.56 Å². The first-order valence-electron chi connectivity index (χ1n) is 11.5. The highest BCUT2D eigenvalue weighted by Crippen LogP contribution is 2.26. The van der Waals surface area contributed by atoms with Crippen molar-refractivity contribution >= 4 is 29.4 Å². The zero-order valence-corrected chi connectivity index (χ0v) is 18.8. The van der Waals surface area contributed by atoms with Gasteiger partial charge in [0, 0.05) is 31.1 Å². The molecule has 1 atom stereocenters. The van der Waals surface area contributed by atoms with Gasteiger partial charge in [0.1, 0.15) is 11.1 Å². The fourth-order valence-corrected chi connectivity index (χ4v) is 5.07. The van der Waals surface area contributed by atoms with Crippen LogP contribution in [0.4, 0.5) is 15.3 Å². The van der Waals surface area contributed by atoms with Crippen LogP contribution in [0.3, 0.4) is 0 Å². The lowest BCUT2D eigenvalue weighted by Crippen LogP contribution is -2.48. The van der Waals surface area contributed by atoms with Gasteiger partial charge in [-0.2, -0.15) is 5.10 Å². The van der Waals surface area contributed by atoms with E-state index in [1.807, 2.05) is 4.90 Å². The van der Waals surface area contributed by atoms with E-state index >= 15 is 0 Å². The molecule has 0 aromatic carbocycles. The molecule has 1 aromatic rings. The van der Waals surface area contributed by atoms with E-state index in [0.717, 1.165) is 38.5 Å². The number of halogens is 1. The van der Waals surface area contributed by atoms with E-state index in [4.69, 9.17) is 16.3 Å². The van der Waals surface area contributed by atoms with E-state index in [0.29, 0.717) is 31.2 Å². The Balaban J connectivity index is 1.15. The highest BCUT2D eigenvalue weighted by molar-refractivity contribution is 6.33. The molecule has 4 rings (SSSR count). The molecule has 2 heterocycles. The van der Waals surface area contributed by atoms with Crippen LogP contribution in [0.5, 0.6) is 0 Å². The van der Waals surface area contributed by atoms with E-state index < -0.39 is 11.7 Å². The zero-order chi connectivity index (χ0) is 22.5. The number of alkyl carbamates (subject to hydrolysis) is 1. The van der Waals surface area contributed by atoms with Gasteiger partial charge in [-0.3, -0.25) is 4.79 Å². The predicted molar refractivity (Wildman–Crippen MR) is 120 cm³/mol. The predicted octanol–water partition coefficient (Wildman–Crippen LogP) is 2.28. The molecule has 3 fully saturated rings. The van der Waals surface area contributed by atoms with Crippen LogP contribution < -0.4 is 26.4 Å². The van der Waals surface area contributed by atoms with Crippen LogP contribution in [0, 0.1) is 0 Å². The molecule has 1 saturated heterocycles. The molecule has 2 aliphatic carbocycles. The van der Waals surface area contributed by atoms with Crippen LogP contribution in [0.25, 0.3) is 0 Å². The van der Waals surface area contributed by atoms with E-state index in [1.54, 1.807) is 0 Å². The summed E-state index contributed by atoms with van der Waals surface area (Å²) in [4.78, 5) is 38.0. The molecule has 0 spiro atoms. The number of urea groups is 1. The second-order valence-electron chi connectivity index (χ2n) is 8.95. The molecule has 3 aliphatic rings. The van der Waals surface area contributed by atoms with Crippen LogP contribution >= 0.6 is 11.6 Å². The Bertz CT molecular complexity index is 866. The van der Waals surface area contributed by atoms with Gasteiger partial charge in [-0.15, -0.1) is 0 Å². The van der Waals surface area contributed by atoms with E-state index in [2.05, 4.69) is 26.1 Å². The van der Waals surface area contributed by atoms with Crippen molar-refractivity contribution in [3.63, 3.8) is 0 Å². The number of carbonyl (C=O) groups is 2. The first-order chi connectivity index (χ1) is 15.5. The average molecular weight is 467 g/mol. The maximum Gasteiger partial charge on any atom is 0.407 e. The van der Waals surface area contributed by atoms with Crippen molar-refractivity contribution in [1.82, 2.24) is 26.1 Å². The van der Waals surface area contributed by atoms with Crippen molar-refractivity contribution in [3.8, 4) is 0 Å². The monoisotopic (exact) mass is 466 g/mol. The van der Waals surface area contributed by atoms with E-state index in [-0.39, 0.29) is 29.2 Å². The summed E-state index contributed by atoms with van der Waals surface area (Å²) in [6.07, 6.45) is 9.23. The number of nitrogens with one attached hydrogen (secondary N) is 4. The van der Waals surface area contributed by atoms with Gasteiger partial charge >= 0.3 is 12.1 Å². The number of hydrogen-bond acceptors (Lipinski definition) is 6. The number of nitrogens with zero attached hydrogens (tertiary/aromatic N) is 2. The summed E-state index contributed by atoms with van der Waals surface area (Å²) >= 11 is 6.07. The molecule has 176 valence electrons. The fourth-order valence-electron chi connectivity index (χ4n) is 4.85. The van der Waals surface area contributed by atoms with Crippen LogP contribution in [0.2, 0.25) is 5.02 Å². The third-order valence-electron chi connectivity index (χ3n) is 6.61. The summed E-state index contributed by atoms with van der Waals surface area (Å²) in [6.45, 7) is 1.09. The summed E-state index contributed by atoms with van der Waals surface area (Å²) in [7, 11) is 0. The number of aromatic amines is 1. The van der Waals surface area contributed by atoms with Crippen molar-refractivity contribution in [2.24, 2.45) is 0 Å². The fraction of sp³-hybridized carbons (Fsp3) is 0.714. The summed E-state index contributed by atoms with van der Waals surface area (Å²) in [5.74, 6) is 0. The maximum atomic E-state index is 12.4. The molecule has 1 aliphatic heterocycles. The third-order valence-corrected chi connectivity index (χ3v) is 6.98. The van der Waals surface area contributed by atoms with Gasteiger partial charge in [-0.25, -0.2) is 14.7 Å². The summed E-state index contributed by atoms with van der Waals surface area (Å²) in [6, 6.07) is 0.418. The smallest absolute Gasteiger partial charge is 0.407 e. The quantitative estimate of drug-likeness (QED) is 0.527. The minimum atomic E-state index is -0.438. The molecule has 10 nitrogen and oxygen atoms in total. The number of rotatable bonds is 5. The highest BCUT2D eigenvalue weighted by atomic mass is 35.5. The van der Waals surface area contributed by atoms with Crippen molar-refractivity contribution in [3.05, 3.63) is 21.6 Å². The molecule has 0 bridgehead atoms. The van der Waals surface area contributed by atoms with Crippen molar-refractivity contribution in [1.29, 1.82) is 0 Å². The Kier molecular flexibility index (Phi) is 7.39. The minimum absolute atomic E-state index is 0.0438. The molecular weight excluding hydrogens is 436 g/mol. The Morgan fingerprint density at radius 1 is 1.00 bits per heavy atom. The van der Waals surface area contributed by atoms with Crippen molar-refractivity contribution < 1.29 is 14.3 Å². The average Bonchev–Trinajstić information content (AvgIpc) is 3.44. The molecule has 3 amide bonds. The number of hydrogen-bond donors (Lipinski definition) is 4. The Morgan fingerprint density at radius 3 is 2.31 bits per heavy atom. The van der Waals surface area contributed by atoms with Gasteiger partial charge in [0.15, 0.2) is 0 Å². The van der Waals surface area contributed by atoms with Gasteiger partial charge < -0.3 is 25.6 Å². The van der Waals surface area contributed by atoms with E-state index in [1.165, 1.54) is 19.0 Å². The Labute approximate surface area is 191 Å². The Hall–Kier alpha value is -2.49. The van der Waals surface area contributed by atoms with Crippen molar-refractivity contribution in [2.45, 2.75) is 82.0 Å². The minimum Gasteiger partial charge on any atom is -0.444 e. The topological polar surface area (TPSA) is 128 Å². The Morgan fingerprint density at radius 2 is 1.62 bits per heavy atom. The van der Waals surface area contributed by atoms with Gasteiger partial charge in [0.05, 0.1) is 18.4 Å². The molecule has 2 saturated carbocycles. The summed E-state index contributed by atoms with van der Waals surface area (Å²) in [5.41, 5.74) is 0.108. The van der Waals surface area contributed by atoms with Gasteiger partial charge in [-0.1, -0.05) is 24.4 Å². The standard InChI is InChI=1S/C21H31ClN6O4/c22-18-17(11-23-27-19(18)29)28-10-9-16(12-28)32-21(31)26-15-7-5-14(6-8-15)25-20(30)24-13-3-1-2-4-13/h11,13-16H,1-10,12H2,(H,26,31)(H,27,29)(H2,24,25,30)/t14-,15-,16-/m1/s1. The zero-order valence-electron chi connectivity index (χ0n) is 18.1. The van der Waals surface area contributed by atoms with Crippen molar-refractivity contribution in [2.75, 3.05) is 18.0 Å². The van der Waals surface area contributed by atoms with Crippen LogP contribution in [-0.2, 0) is 4.74 Å². The normalized spacial score (nSPS) is 26.0. The SMILES string of the molecule is O=C(NC1CCCC1)N[C@H]1CC[C@H](NC(=O)O[C@@H]2CCN(c3cn[nH]c(=O)c3Cl)C2)CC1. The first kappa shape index (κ1) is 22.7. The number of anilines is 1. The molecule has 32 heavy (non-hydrogen) atoms. The highest BCUT2D eigenvalue weighted by Gasteiger charge is 2.30. The number of carbonyl (C=O) groups excluding carboxylic acids is 2. The first-order valence-corrected chi connectivity index (χ1v) is 11.9. The largest absolute Gasteiger partial charge is 0.444 e. The number of amides is 3. The lowest BCUT2D eigenvalue weighted by Gasteiger charge is -2.30. The number of aromatic nitrogens is 2. The number of ether oxygens (including phenoxy) is 1. The second-order valence-corrected chi connectivity index (χ2v) is 9.33. The lowest BCUT2D eigenvalue weighted by atomic mass is 9.91. The second kappa shape index (κ2) is 10.4. The molecule has 1 aromatic heterocycles. The van der Waals surface area contributed by atoms with Crippen LogP contribution in [0.1, 0.15) is 57.8 Å². The van der Waals surface area contributed by atoms with Gasteiger partial charge in [-0.05, 0) is 38.5 Å². The summed E-state index contributed by atoms with van der Waals surface area (Å²) < 4.78 is 5.58. The van der Waals surface area contributed by atoms with E-state index in [9.17, 15) is 14.4 Å². The van der Waals surface area contributed by atoms with Crippen LogP contribution in [0.15, 0.2) is 11.0 Å². The molecule has 11 heteroatoms. The molecule has 4 N–H and O–H groups in total. The molecular formula is C21H31ClN6O4. The molecule has 0 radical (unpaired) electrons. The maximum absolute atomic E-state index is 12.4. The van der Waals surface area contributed by atoms with Gasteiger partial charge in [0.2, 0.25) is 0 Å². The number of H-pyrrole nitrogens is 1. The molecule has 0 unspecified atom stereocenters.